The van der Waals surface area contributed by atoms with Crippen LogP contribution in [0.25, 0.3) is 11.4 Å². The van der Waals surface area contributed by atoms with Gasteiger partial charge in [0.15, 0.2) is 11.9 Å². The van der Waals surface area contributed by atoms with Gasteiger partial charge in [-0.3, -0.25) is 9.59 Å². The molecule has 2 aliphatic rings. The number of rotatable bonds is 8. The molecule has 2 aliphatic carbocycles. The largest absolute Gasteiger partial charge is 0.481 e. The van der Waals surface area contributed by atoms with E-state index in [9.17, 15) is 24.2 Å². The molecule has 0 unspecified atom stereocenters. The fourth-order valence-electron chi connectivity index (χ4n) is 4.25. The van der Waals surface area contributed by atoms with Gasteiger partial charge in [-0.2, -0.15) is 4.98 Å². The van der Waals surface area contributed by atoms with E-state index in [1.165, 1.54) is 12.1 Å². The van der Waals surface area contributed by atoms with Crippen LogP contribution in [-0.4, -0.2) is 50.3 Å². The Morgan fingerprint density at radius 3 is 2.50 bits per heavy atom. The Morgan fingerprint density at radius 1 is 1.11 bits per heavy atom. The summed E-state index contributed by atoms with van der Waals surface area (Å²) in [5.74, 6) is -0.315. The monoisotopic (exact) mass is 495 g/mol. The summed E-state index contributed by atoms with van der Waals surface area (Å²) >= 11 is 0. The van der Waals surface area contributed by atoms with E-state index in [0.29, 0.717) is 29.7 Å². The molecule has 2 fully saturated rings. The van der Waals surface area contributed by atoms with Crippen molar-refractivity contribution in [3.8, 4) is 17.1 Å². The highest BCUT2D eigenvalue weighted by molar-refractivity contribution is 5.99. The molecule has 5 rings (SSSR count). The Bertz CT molecular complexity index is 1270. The van der Waals surface area contributed by atoms with Crippen LogP contribution >= 0.6 is 0 Å². The molecule has 2 aromatic carbocycles. The third kappa shape index (κ3) is 5.00. The first-order chi connectivity index (χ1) is 17.3. The molecule has 0 spiro atoms. The van der Waals surface area contributed by atoms with Crippen molar-refractivity contribution in [3.05, 3.63) is 65.3 Å². The van der Waals surface area contributed by atoms with Gasteiger partial charge >= 0.3 is 0 Å². The number of halogens is 1. The van der Waals surface area contributed by atoms with E-state index < -0.39 is 36.1 Å². The standard InChI is InChI=1S/C26H26FN3O6/c1-13(35-17-7-4-15(5-8-17)22(32)14-2-3-14)26-29-24(30-36-26)16-6-9-18(19(27)12-16)25(34)28-20-10-11-21(31)23(20)33/h4-9,12-14,20-21,23,31,33H,2-3,10-11H2,1H3,(H,28,34)/t13-,20+,21+,23-/m1/s1. The average Bonchev–Trinajstić information content (AvgIpc) is 3.52. The number of hydrogen-bond acceptors (Lipinski definition) is 8. The molecule has 0 radical (unpaired) electrons. The highest BCUT2D eigenvalue weighted by Crippen LogP contribution is 2.33. The number of nitrogens with one attached hydrogen (secondary N) is 1. The van der Waals surface area contributed by atoms with Gasteiger partial charge in [0.05, 0.1) is 17.7 Å². The molecule has 1 amide bonds. The molecule has 3 aromatic rings. The van der Waals surface area contributed by atoms with E-state index in [4.69, 9.17) is 9.26 Å². The summed E-state index contributed by atoms with van der Waals surface area (Å²) in [7, 11) is 0. The predicted molar refractivity (Wildman–Crippen MR) is 125 cm³/mol. The van der Waals surface area contributed by atoms with Gasteiger partial charge in [-0.1, -0.05) is 11.2 Å². The van der Waals surface area contributed by atoms with E-state index >= 15 is 0 Å². The summed E-state index contributed by atoms with van der Waals surface area (Å²) in [5, 5.41) is 26.0. The molecule has 9 nitrogen and oxygen atoms in total. The fourth-order valence-corrected chi connectivity index (χ4v) is 4.25. The van der Waals surface area contributed by atoms with Crippen molar-refractivity contribution in [2.75, 3.05) is 0 Å². The number of hydrogen-bond donors (Lipinski definition) is 3. The van der Waals surface area contributed by atoms with Crippen LogP contribution in [0.2, 0.25) is 0 Å². The highest BCUT2D eigenvalue weighted by Gasteiger charge is 2.35. The van der Waals surface area contributed by atoms with Gasteiger partial charge in [0, 0.05) is 17.0 Å². The summed E-state index contributed by atoms with van der Waals surface area (Å²) in [6.07, 6.45) is 0.0772. The number of ketones is 1. The van der Waals surface area contributed by atoms with Crippen LogP contribution in [0.4, 0.5) is 4.39 Å². The van der Waals surface area contributed by atoms with Gasteiger partial charge in [-0.05, 0) is 69.0 Å². The van der Waals surface area contributed by atoms with Crippen molar-refractivity contribution < 1.29 is 33.5 Å². The zero-order chi connectivity index (χ0) is 25.4. The zero-order valence-corrected chi connectivity index (χ0v) is 19.6. The number of nitrogens with zero attached hydrogens (tertiary/aromatic N) is 2. The molecule has 4 atom stereocenters. The third-order valence-corrected chi connectivity index (χ3v) is 6.56. The average molecular weight is 496 g/mol. The Balaban J connectivity index is 1.23. The van der Waals surface area contributed by atoms with E-state index in [0.717, 1.165) is 18.9 Å². The molecule has 0 aliphatic heterocycles. The van der Waals surface area contributed by atoms with Crippen molar-refractivity contribution in [2.24, 2.45) is 5.92 Å². The highest BCUT2D eigenvalue weighted by atomic mass is 19.1. The van der Waals surface area contributed by atoms with Crippen LogP contribution in [0, 0.1) is 11.7 Å². The summed E-state index contributed by atoms with van der Waals surface area (Å²) in [4.78, 5) is 28.9. The van der Waals surface area contributed by atoms with Gasteiger partial charge in [0.1, 0.15) is 17.7 Å². The topological polar surface area (TPSA) is 135 Å². The van der Waals surface area contributed by atoms with Crippen molar-refractivity contribution in [1.29, 1.82) is 0 Å². The van der Waals surface area contributed by atoms with E-state index in [1.807, 2.05) is 0 Å². The van der Waals surface area contributed by atoms with Crippen molar-refractivity contribution >= 4 is 11.7 Å². The lowest BCUT2D eigenvalue weighted by atomic mass is 10.1. The summed E-state index contributed by atoms with van der Waals surface area (Å²) in [6, 6.07) is 10.2. The second-order valence-electron chi connectivity index (χ2n) is 9.29. The fraction of sp³-hybridized carbons (Fsp3) is 0.385. The first-order valence-corrected chi connectivity index (χ1v) is 11.9. The number of ether oxygens (including phenoxy) is 1. The van der Waals surface area contributed by atoms with Crippen LogP contribution < -0.4 is 10.1 Å². The van der Waals surface area contributed by atoms with E-state index in [1.54, 1.807) is 31.2 Å². The molecule has 3 N–H and O–H groups in total. The molecule has 2 saturated carbocycles. The first-order valence-electron chi connectivity index (χ1n) is 11.9. The maximum absolute atomic E-state index is 14.7. The van der Waals surface area contributed by atoms with Crippen molar-refractivity contribution in [2.45, 2.75) is 57.0 Å². The lowest BCUT2D eigenvalue weighted by Crippen LogP contribution is -2.43. The lowest BCUT2D eigenvalue weighted by molar-refractivity contribution is 0.0296. The zero-order valence-electron chi connectivity index (χ0n) is 19.6. The number of carbonyl (C=O) groups excluding carboxylic acids is 2. The van der Waals surface area contributed by atoms with Gasteiger partial charge in [0.25, 0.3) is 11.8 Å². The number of carbonyl (C=O) groups is 2. The summed E-state index contributed by atoms with van der Waals surface area (Å²) in [5.41, 5.74) is 0.774. The number of Topliss-reactive ketones (excluding diaryl/α,β-unsaturated/α-hetero) is 1. The smallest absolute Gasteiger partial charge is 0.267 e. The normalized spacial score (nSPS) is 22.3. The molecular weight excluding hydrogens is 469 g/mol. The van der Waals surface area contributed by atoms with Gasteiger partial charge < -0.3 is 24.8 Å². The molecule has 0 bridgehead atoms. The maximum Gasteiger partial charge on any atom is 0.267 e. The second-order valence-corrected chi connectivity index (χ2v) is 9.29. The Hall–Kier alpha value is -3.63. The van der Waals surface area contributed by atoms with Crippen molar-refractivity contribution in [3.63, 3.8) is 0 Å². The van der Waals surface area contributed by atoms with Crippen LogP contribution in [0.1, 0.15) is 65.3 Å². The minimum Gasteiger partial charge on any atom is -0.481 e. The number of aromatic nitrogens is 2. The first kappa shape index (κ1) is 24.1. The van der Waals surface area contributed by atoms with Crippen LogP contribution in [0.3, 0.4) is 0 Å². The Labute approximate surface area is 206 Å². The summed E-state index contributed by atoms with van der Waals surface area (Å²) in [6.45, 7) is 1.73. The van der Waals surface area contributed by atoms with E-state index in [2.05, 4.69) is 15.5 Å². The van der Waals surface area contributed by atoms with Crippen LogP contribution in [-0.2, 0) is 0 Å². The molecule has 1 heterocycles. The molecule has 0 saturated heterocycles. The van der Waals surface area contributed by atoms with Gasteiger partial charge in [-0.15, -0.1) is 0 Å². The second kappa shape index (κ2) is 9.79. The lowest BCUT2D eigenvalue weighted by Gasteiger charge is -2.18. The Morgan fingerprint density at radius 2 is 1.86 bits per heavy atom. The van der Waals surface area contributed by atoms with Crippen molar-refractivity contribution in [1.82, 2.24) is 15.5 Å². The predicted octanol–water partition coefficient (Wildman–Crippen LogP) is 3.22. The SMILES string of the molecule is C[C@@H](Oc1ccc(C(=O)C2CC2)cc1)c1nc(-c2ccc(C(=O)N[C@H]3CC[C@H](O)[C@@H]3O)c(F)c2)no1. The quantitative estimate of drug-likeness (QED) is 0.406. The minimum atomic E-state index is -1.08. The van der Waals surface area contributed by atoms with E-state index in [-0.39, 0.29) is 29.0 Å². The molecule has 10 heteroatoms. The van der Waals surface area contributed by atoms with Gasteiger partial charge in [0.2, 0.25) is 5.82 Å². The third-order valence-electron chi connectivity index (χ3n) is 6.56. The van der Waals surface area contributed by atoms with Crippen LogP contribution in [0.15, 0.2) is 47.0 Å². The van der Waals surface area contributed by atoms with Crippen LogP contribution in [0.5, 0.6) is 5.75 Å². The molecule has 36 heavy (non-hydrogen) atoms. The number of benzene rings is 2. The van der Waals surface area contributed by atoms with Gasteiger partial charge in [-0.25, -0.2) is 4.39 Å². The number of aliphatic hydroxyl groups is 2. The number of aliphatic hydroxyl groups excluding tert-OH is 2. The summed E-state index contributed by atoms with van der Waals surface area (Å²) < 4.78 is 25.9. The minimum absolute atomic E-state index is 0.131. The molecular formula is C26H26FN3O6. The Kier molecular flexibility index (Phi) is 6.55. The maximum atomic E-state index is 14.7. The molecule has 1 aromatic heterocycles. The number of amides is 1. The molecule has 188 valence electrons.